The summed E-state index contributed by atoms with van der Waals surface area (Å²) in [5.74, 6) is 0.649. The van der Waals surface area contributed by atoms with Gasteiger partial charge in [0.25, 0.3) is 0 Å². The van der Waals surface area contributed by atoms with Crippen LogP contribution in [0.2, 0.25) is 5.02 Å². The minimum absolute atomic E-state index is 0.378. The van der Waals surface area contributed by atoms with Crippen LogP contribution in [0.3, 0.4) is 0 Å². The van der Waals surface area contributed by atoms with E-state index in [0.717, 1.165) is 21.4 Å². The summed E-state index contributed by atoms with van der Waals surface area (Å²) in [6, 6.07) is 5.54. The number of rotatable bonds is 4. The van der Waals surface area contributed by atoms with Crippen molar-refractivity contribution in [2.45, 2.75) is 19.4 Å². The Bertz CT molecular complexity index is 628. The minimum Gasteiger partial charge on any atom is -0.496 e. The normalized spacial score (nSPS) is 12.5. The molecule has 0 spiro atoms. The molecular formula is C14H16BrClN2O2. The van der Waals surface area contributed by atoms with Crippen LogP contribution in [0.5, 0.6) is 5.75 Å². The summed E-state index contributed by atoms with van der Waals surface area (Å²) in [5.41, 5.74) is 2.29. The van der Waals surface area contributed by atoms with E-state index in [1.807, 2.05) is 32.2 Å². The molecule has 4 nitrogen and oxygen atoms in total. The van der Waals surface area contributed by atoms with E-state index in [1.54, 1.807) is 11.8 Å². The summed E-state index contributed by atoms with van der Waals surface area (Å²) in [6.45, 7) is 1.85. The van der Waals surface area contributed by atoms with Gasteiger partial charge >= 0.3 is 0 Å². The van der Waals surface area contributed by atoms with Gasteiger partial charge in [0.1, 0.15) is 5.75 Å². The quantitative estimate of drug-likeness (QED) is 0.910. The van der Waals surface area contributed by atoms with Gasteiger partial charge in [-0.1, -0.05) is 27.5 Å². The molecule has 0 radical (unpaired) electrons. The zero-order valence-corrected chi connectivity index (χ0v) is 13.9. The summed E-state index contributed by atoms with van der Waals surface area (Å²) in [4.78, 5) is 0. The fourth-order valence-corrected chi connectivity index (χ4v) is 2.78. The lowest BCUT2D eigenvalue weighted by atomic mass is 10.0. The van der Waals surface area contributed by atoms with Crippen molar-refractivity contribution < 1.29 is 9.84 Å². The predicted molar refractivity (Wildman–Crippen MR) is 82.3 cm³/mol. The molecule has 0 bridgehead atoms. The summed E-state index contributed by atoms with van der Waals surface area (Å²) in [5, 5.41) is 15.3. The Balaban J connectivity index is 2.32. The second kappa shape index (κ2) is 6.16. The molecule has 1 N–H and O–H groups in total. The number of halogens is 2. The molecule has 0 aliphatic rings. The third-order valence-corrected chi connectivity index (χ3v) is 4.18. The molecule has 0 fully saturated rings. The summed E-state index contributed by atoms with van der Waals surface area (Å²) in [7, 11) is 3.40. The Kier molecular flexibility index (Phi) is 4.73. The minimum atomic E-state index is -0.713. The fraction of sp³-hybridized carbons (Fsp3) is 0.357. The Morgan fingerprint density at radius 1 is 1.50 bits per heavy atom. The summed E-state index contributed by atoms with van der Waals surface area (Å²) >= 11 is 9.62. The highest BCUT2D eigenvalue weighted by atomic mass is 79.9. The maximum Gasteiger partial charge on any atom is 0.124 e. The van der Waals surface area contributed by atoms with E-state index in [9.17, 15) is 5.11 Å². The topological polar surface area (TPSA) is 47.3 Å². The lowest BCUT2D eigenvalue weighted by Crippen LogP contribution is -2.08. The van der Waals surface area contributed by atoms with Crippen LogP contribution in [0, 0.1) is 6.92 Å². The molecule has 0 aliphatic heterocycles. The second-order valence-corrected chi connectivity index (χ2v) is 5.87. The number of benzene rings is 1. The van der Waals surface area contributed by atoms with Crippen molar-refractivity contribution in [3.63, 3.8) is 0 Å². The van der Waals surface area contributed by atoms with E-state index in [-0.39, 0.29) is 0 Å². The third-order valence-electron chi connectivity index (χ3n) is 3.20. The number of aliphatic hydroxyl groups is 1. The van der Waals surface area contributed by atoms with E-state index < -0.39 is 6.10 Å². The SMILES string of the molecule is COc1ccc(Br)cc1C(O)Cc1c(Cl)c(C)nn1C. The zero-order chi connectivity index (χ0) is 14.9. The molecule has 6 heteroatoms. The van der Waals surface area contributed by atoms with E-state index in [2.05, 4.69) is 21.0 Å². The first-order chi connectivity index (χ1) is 9.43. The van der Waals surface area contributed by atoms with Gasteiger partial charge in [-0.25, -0.2) is 0 Å². The van der Waals surface area contributed by atoms with Crippen molar-refractivity contribution in [2.75, 3.05) is 7.11 Å². The van der Waals surface area contributed by atoms with Crippen LogP contribution in [-0.2, 0) is 13.5 Å². The van der Waals surface area contributed by atoms with E-state index >= 15 is 0 Å². The maximum atomic E-state index is 10.5. The molecule has 2 rings (SSSR count). The van der Waals surface area contributed by atoms with Gasteiger partial charge in [0.2, 0.25) is 0 Å². The van der Waals surface area contributed by atoms with Crippen molar-refractivity contribution in [1.82, 2.24) is 9.78 Å². The number of aromatic nitrogens is 2. The van der Waals surface area contributed by atoms with Gasteiger partial charge in [-0.2, -0.15) is 5.10 Å². The fourth-order valence-electron chi connectivity index (χ4n) is 2.16. The van der Waals surface area contributed by atoms with Gasteiger partial charge in [0.05, 0.1) is 29.6 Å². The zero-order valence-electron chi connectivity index (χ0n) is 11.5. The molecule has 1 unspecified atom stereocenters. The number of hydrogen-bond donors (Lipinski definition) is 1. The second-order valence-electron chi connectivity index (χ2n) is 4.58. The first-order valence-electron chi connectivity index (χ1n) is 6.13. The van der Waals surface area contributed by atoms with Crippen LogP contribution in [0.15, 0.2) is 22.7 Å². The standard InChI is InChI=1S/C14H16BrClN2O2/c1-8-14(16)11(18(2)17-8)7-12(19)10-6-9(15)4-5-13(10)20-3/h4-6,12,19H,7H2,1-3H3. The van der Waals surface area contributed by atoms with Crippen molar-refractivity contribution in [3.8, 4) is 5.75 Å². The largest absolute Gasteiger partial charge is 0.496 e. The lowest BCUT2D eigenvalue weighted by molar-refractivity contribution is 0.171. The Morgan fingerprint density at radius 3 is 2.75 bits per heavy atom. The maximum absolute atomic E-state index is 10.5. The monoisotopic (exact) mass is 358 g/mol. The average Bonchev–Trinajstić information content (AvgIpc) is 2.65. The third kappa shape index (κ3) is 3.00. The molecule has 1 heterocycles. The number of aryl methyl sites for hydroxylation is 2. The predicted octanol–water partition coefficient (Wildman–Crippen LogP) is 3.43. The highest BCUT2D eigenvalue weighted by Crippen LogP contribution is 2.32. The van der Waals surface area contributed by atoms with Crippen LogP contribution in [0.1, 0.15) is 23.1 Å². The van der Waals surface area contributed by atoms with E-state index in [0.29, 0.717) is 17.2 Å². The lowest BCUT2D eigenvalue weighted by Gasteiger charge is -2.15. The molecule has 0 aliphatic carbocycles. The van der Waals surface area contributed by atoms with Gasteiger partial charge in [-0.15, -0.1) is 0 Å². The number of nitrogens with zero attached hydrogens (tertiary/aromatic N) is 2. The van der Waals surface area contributed by atoms with Crippen LogP contribution in [0.4, 0.5) is 0 Å². The first kappa shape index (κ1) is 15.4. The molecule has 1 atom stereocenters. The highest BCUT2D eigenvalue weighted by molar-refractivity contribution is 9.10. The number of methoxy groups -OCH3 is 1. The van der Waals surface area contributed by atoms with Crippen LogP contribution in [0.25, 0.3) is 0 Å². The highest BCUT2D eigenvalue weighted by Gasteiger charge is 2.19. The molecular weight excluding hydrogens is 344 g/mol. The Morgan fingerprint density at radius 2 is 2.20 bits per heavy atom. The van der Waals surface area contributed by atoms with Gasteiger partial charge < -0.3 is 9.84 Å². The van der Waals surface area contributed by atoms with Crippen molar-refractivity contribution in [1.29, 1.82) is 0 Å². The molecule has 0 saturated carbocycles. The molecule has 1 aromatic carbocycles. The number of hydrogen-bond acceptors (Lipinski definition) is 3. The van der Waals surface area contributed by atoms with Gasteiger partial charge in [0.15, 0.2) is 0 Å². The number of ether oxygens (including phenoxy) is 1. The Labute approximate surface area is 131 Å². The van der Waals surface area contributed by atoms with Gasteiger partial charge in [-0.05, 0) is 25.1 Å². The molecule has 2 aromatic rings. The van der Waals surface area contributed by atoms with Crippen LogP contribution >= 0.6 is 27.5 Å². The number of aliphatic hydroxyl groups excluding tert-OH is 1. The van der Waals surface area contributed by atoms with E-state index in [4.69, 9.17) is 16.3 Å². The van der Waals surface area contributed by atoms with E-state index in [1.165, 1.54) is 0 Å². The molecule has 0 amide bonds. The molecule has 0 saturated heterocycles. The molecule has 108 valence electrons. The van der Waals surface area contributed by atoms with Crippen molar-refractivity contribution in [2.24, 2.45) is 7.05 Å². The average molecular weight is 360 g/mol. The smallest absolute Gasteiger partial charge is 0.124 e. The summed E-state index contributed by atoms with van der Waals surface area (Å²) < 4.78 is 7.88. The Hall–Kier alpha value is -1.04. The van der Waals surface area contributed by atoms with Gasteiger partial charge in [0, 0.05) is 23.5 Å². The molecule has 20 heavy (non-hydrogen) atoms. The van der Waals surface area contributed by atoms with Crippen LogP contribution in [-0.4, -0.2) is 22.0 Å². The van der Waals surface area contributed by atoms with Crippen molar-refractivity contribution in [3.05, 3.63) is 44.6 Å². The van der Waals surface area contributed by atoms with Gasteiger partial charge in [-0.3, -0.25) is 4.68 Å². The first-order valence-corrected chi connectivity index (χ1v) is 7.30. The van der Waals surface area contributed by atoms with Crippen LogP contribution < -0.4 is 4.74 Å². The van der Waals surface area contributed by atoms with Crippen molar-refractivity contribution >= 4 is 27.5 Å². The summed E-state index contributed by atoms with van der Waals surface area (Å²) in [6.07, 6.45) is -0.335. The molecule has 1 aromatic heterocycles.